The largest absolute Gasteiger partial charge is 0.326 e. The minimum atomic E-state index is -0.297. The Morgan fingerprint density at radius 3 is 2.00 bits per heavy atom. The van der Waals surface area contributed by atoms with Gasteiger partial charge in [-0.1, -0.05) is 60.2 Å². The summed E-state index contributed by atoms with van der Waals surface area (Å²) in [6.07, 6.45) is 0. The van der Waals surface area contributed by atoms with E-state index in [0.29, 0.717) is 11.3 Å². The van der Waals surface area contributed by atoms with Crippen LogP contribution in [-0.4, -0.2) is 17.7 Å². The van der Waals surface area contributed by atoms with Crippen molar-refractivity contribution in [3.8, 4) is 0 Å². The first-order valence-corrected chi connectivity index (χ1v) is 9.82. The highest BCUT2D eigenvalue weighted by Gasteiger charge is 2.24. The number of rotatable bonds is 7. The summed E-state index contributed by atoms with van der Waals surface area (Å²) in [5, 5.41) is 5.03. The lowest BCUT2D eigenvalue weighted by atomic mass is 9.97. The Kier molecular flexibility index (Phi) is 6.57. The maximum absolute atomic E-state index is 12.8. The zero-order chi connectivity index (χ0) is 20.8. The maximum atomic E-state index is 12.8. The topological polar surface area (TPSA) is 62.8 Å². The predicted molar refractivity (Wildman–Crippen MR) is 116 cm³/mol. The monoisotopic (exact) mass is 387 g/mol. The van der Waals surface area contributed by atoms with Crippen molar-refractivity contribution in [2.75, 3.05) is 5.32 Å². The number of aryl methyl sites for hydroxylation is 1. The Balaban J connectivity index is 1.75. The minimum Gasteiger partial charge on any atom is -0.326 e. The van der Waals surface area contributed by atoms with Crippen molar-refractivity contribution in [1.29, 1.82) is 0 Å². The van der Waals surface area contributed by atoms with Crippen molar-refractivity contribution in [1.82, 2.24) is 0 Å². The summed E-state index contributed by atoms with van der Waals surface area (Å²) in [6, 6.07) is 25.4. The summed E-state index contributed by atoms with van der Waals surface area (Å²) in [6.45, 7) is 5.50. The summed E-state index contributed by atoms with van der Waals surface area (Å²) in [7, 11) is 0. The third-order valence-electron chi connectivity index (χ3n) is 5.05. The van der Waals surface area contributed by atoms with Crippen LogP contribution in [0.25, 0.3) is 0 Å². The molecule has 0 spiro atoms. The van der Waals surface area contributed by atoms with Gasteiger partial charge in [-0.05, 0) is 45.0 Å². The van der Waals surface area contributed by atoms with Gasteiger partial charge < -0.3 is 10.6 Å². The smallest absolute Gasteiger partial charge is 0.282 e. The van der Waals surface area contributed by atoms with E-state index >= 15 is 0 Å². The van der Waals surface area contributed by atoms with Crippen LogP contribution in [-0.2, 0) is 4.79 Å². The number of hydrogen-bond donors (Lipinski definition) is 2. The van der Waals surface area contributed by atoms with Crippen molar-refractivity contribution in [2.24, 2.45) is 0 Å². The normalized spacial score (nSPS) is 12.8. The van der Waals surface area contributed by atoms with Crippen molar-refractivity contribution >= 4 is 17.4 Å². The number of benzene rings is 3. The molecule has 29 heavy (non-hydrogen) atoms. The molecule has 0 unspecified atom stereocenters. The Labute approximate surface area is 172 Å². The first kappa shape index (κ1) is 20.5. The quantitative estimate of drug-likeness (QED) is 0.605. The fourth-order valence-corrected chi connectivity index (χ4v) is 3.27. The molecular formula is C25H27N2O2+. The molecule has 0 aliphatic heterocycles. The summed E-state index contributed by atoms with van der Waals surface area (Å²) in [5.74, 6) is -0.0676. The number of carbonyl (C=O) groups excluding carboxylic acids is 2. The third-order valence-corrected chi connectivity index (χ3v) is 5.05. The molecule has 0 saturated heterocycles. The van der Waals surface area contributed by atoms with E-state index in [0.717, 1.165) is 11.1 Å². The van der Waals surface area contributed by atoms with Gasteiger partial charge in [-0.25, -0.2) is 0 Å². The number of hydrogen-bond acceptors (Lipinski definition) is 2. The van der Waals surface area contributed by atoms with Gasteiger partial charge >= 0.3 is 0 Å². The van der Waals surface area contributed by atoms with Gasteiger partial charge in [-0.3, -0.25) is 9.59 Å². The molecule has 0 radical (unpaired) electrons. The van der Waals surface area contributed by atoms with Crippen LogP contribution >= 0.6 is 0 Å². The first-order valence-electron chi connectivity index (χ1n) is 9.82. The van der Waals surface area contributed by atoms with Crippen LogP contribution in [0, 0.1) is 6.92 Å². The number of anilines is 1. The molecule has 3 aromatic carbocycles. The fourth-order valence-electron chi connectivity index (χ4n) is 3.27. The standard InChI is InChI=1S/C25H26N2O2/c1-17-9-11-22(12-10-17)24(21-7-5-4-6-8-21)26-18(2)25(29)27-23-15-13-20(14-16-23)19(3)28/h4-16,18,24,26H,1-3H3,(H,27,29)/p+1/t18-,24+/m0/s1. The molecule has 0 saturated carbocycles. The highest BCUT2D eigenvalue weighted by Crippen LogP contribution is 2.19. The average Bonchev–Trinajstić information content (AvgIpc) is 2.73. The van der Waals surface area contributed by atoms with E-state index < -0.39 is 0 Å². The van der Waals surface area contributed by atoms with Gasteiger partial charge in [0, 0.05) is 22.4 Å². The van der Waals surface area contributed by atoms with Crippen molar-refractivity contribution in [3.05, 3.63) is 101 Å². The molecule has 0 aliphatic carbocycles. The molecule has 0 fully saturated rings. The fraction of sp³-hybridized carbons (Fsp3) is 0.200. The SMILES string of the molecule is CC(=O)c1ccc(NC(=O)[C@H](C)[NH2+][C@H](c2ccccc2)c2ccc(C)cc2)cc1. The summed E-state index contributed by atoms with van der Waals surface area (Å²) < 4.78 is 0. The molecule has 1 amide bonds. The summed E-state index contributed by atoms with van der Waals surface area (Å²) in [5.41, 5.74) is 4.84. The average molecular weight is 388 g/mol. The summed E-state index contributed by atoms with van der Waals surface area (Å²) >= 11 is 0. The van der Waals surface area contributed by atoms with Gasteiger partial charge in [0.1, 0.15) is 6.04 Å². The molecule has 4 heteroatoms. The summed E-state index contributed by atoms with van der Waals surface area (Å²) in [4.78, 5) is 24.2. The second kappa shape index (κ2) is 9.30. The molecule has 2 atom stereocenters. The van der Waals surface area contributed by atoms with E-state index in [1.165, 1.54) is 12.5 Å². The van der Waals surface area contributed by atoms with Crippen LogP contribution in [0.15, 0.2) is 78.9 Å². The van der Waals surface area contributed by atoms with Crippen LogP contribution in [0.4, 0.5) is 5.69 Å². The van der Waals surface area contributed by atoms with Crippen LogP contribution < -0.4 is 10.6 Å². The van der Waals surface area contributed by atoms with Crippen LogP contribution in [0.1, 0.15) is 46.9 Å². The number of nitrogens with two attached hydrogens (primary N) is 1. The Morgan fingerprint density at radius 2 is 1.41 bits per heavy atom. The number of Topliss-reactive ketones (excluding diaryl/α,β-unsaturated/α-hetero) is 1. The third kappa shape index (κ3) is 5.39. The molecule has 148 valence electrons. The van der Waals surface area contributed by atoms with Gasteiger partial charge in [0.15, 0.2) is 11.8 Å². The van der Waals surface area contributed by atoms with Crippen molar-refractivity contribution < 1.29 is 14.9 Å². The Bertz CT molecular complexity index is 964. The van der Waals surface area contributed by atoms with E-state index in [2.05, 4.69) is 54.0 Å². The van der Waals surface area contributed by atoms with E-state index in [9.17, 15) is 9.59 Å². The maximum Gasteiger partial charge on any atom is 0.282 e. The molecule has 3 aromatic rings. The molecule has 0 aliphatic rings. The number of nitrogens with one attached hydrogen (secondary N) is 1. The van der Waals surface area contributed by atoms with Crippen LogP contribution in [0.3, 0.4) is 0 Å². The van der Waals surface area contributed by atoms with E-state index in [4.69, 9.17) is 0 Å². The molecule has 3 N–H and O–H groups in total. The molecule has 0 heterocycles. The van der Waals surface area contributed by atoms with Gasteiger partial charge in [0.2, 0.25) is 0 Å². The highest BCUT2D eigenvalue weighted by molar-refractivity contribution is 5.96. The zero-order valence-electron chi connectivity index (χ0n) is 17.1. The lowest BCUT2D eigenvalue weighted by molar-refractivity contribution is -0.704. The number of ketones is 1. The zero-order valence-corrected chi connectivity index (χ0v) is 17.1. The highest BCUT2D eigenvalue weighted by atomic mass is 16.2. The van der Waals surface area contributed by atoms with E-state index in [1.807, 2.05) is 25.1 Å². The second-order valence-electron chi connectivity index (χ2n) is 7.40. The number of quaternary nitrogens is 1. The second-order valence-corrected chi connectivity index (χ2v) is 7.40. The van der Waals surface area contributed by atoms with Crippen LogP contribution in [0.2, 0.25) is 0 Å². The molecule has 0 aromatic heterocycles. The predicted octanol–water partition coefficient (Wildman–Crippen LogP) is 3.88. The van der Waals surface area contributed by atoms with Gasteiger partial charge in [-0.2, -0.15) is 0 Å². The minimum absolute atomic E-state index is 0.00776. The van der Waals surface area contributed by atoms with Crippen LogP contribution in [0.5, 0.6) is 0 Å². The first-order chi connectivity index (χ1) is 13.9. The van der Waals surface area contributed by atoms with Crippen molar-refractivity contribution in [2.45, 2.75) is 32.9 Å². The van der Waals surface area contributed by atoms with Gasteiger partial charge in [-0.15, -0.1) is 0 Å². The molecule has 3 rings (SSSR count). The van der Waals surface area contributed by atoms with Gasteiger partial charge in [0.05, 0.1) is 0 Å². The van der Waals surface area contributed by atoms with Crippen molar-refractivity contribution in [3.63, 3.8) is 0 Å². The van der Waals surface area contributed by atoms with E-state index in [1.54, 1.807) is 24.3 Å². The van der Waals surface area contributed by atoms with E-state index in [-0.39, 0.29) is 23.8 Å². The van der Waals surface area contributed by atoms with Gasteiger partial charge in [0.25, 0.3) is 5.91 Å². The number of carbonyl (C=O) groups is 2. The lowest BCUT2D eigenvalue weighted by Crippen LogP contribution is -2.92. The lowest BCUT2D eigenvalue weighted by Gasteiger charge is -2.21. The number of amides is 1. The Hall–Kier alpha value is -3.24. The molecule has 0 bridgehead atoms. The molecular weight excluding hydrogens is 360 g/mol. The molecule has 4 nitrogen and oxygen atoms in total. The Morgan fingerprint density at radius 1 is 0.828 bits per heavy atom.